The van der Waals surface area contributed by atoms with Crippen molar-refractivity contribution in [3.63, 3.8) is 0 Å². The van der Waals surface area contributed by atoms with Gasteiger partial charge >= 0.3 is 47.8 Å². The molecule has 0 amide bonds. The summed E-state index contributed by atoms with van der Waals surface area (Å²) in [6, 6.07) is 0. The van der Waals surface area contributed by atoms with E-state index in [1.807, 2.05) is 48.5 Å². The van der Waals surface area contributed by atoms with Gasteiger partial charge in [0, 0.05) is 57.9 Å². The van der Waals surface area contributed by atoms with Crippen molar-refractivity contribution in [1.29, 1.82) is 0 Å². The Morgan fingerprint density at radius 1 is 0.322 bits per heavy atom. The fraction of sp³-hybridized carbons (Fsp3) is 0.805. The van der Waals surface area contributed by atoms with Crippen LogP contribution in [-0.4, -0.2) is 119 Å². The van der Waals surface area contributed by atoms with Crippen LogP contribution >= 0.6 is 0 Å². The van der Waals surface area contributed by atoms with Crippen molar-refractivity contribution in [2.24, 2.45) is 146 Å². The maximum absolute atomic E-state index is 12.1. The van der Waals surface area contributed by atoms with E-state index in [0.29, 0.717) is 92.3 Å². The first-order valence-electron chi connectivity index (χ1n) is 56.7. The number of rotatable bonds is 25. The molecule has 802 valence electrons. The molecule has 14 unspecified atom stereocenters. The Morgan fingerprint density at radius 3 is 0.979 bits per heavy atom. The molecule has 0 N–H and O–H groups in total. The van der Waals surface area contributed by atoms with Gasteiger partial charge in [0.25, 0.3) is 0 Å². The lowest BCUT2D eigenvalue weighted by molar-refractivity contribution is -0.244. The number of ether oxygens (including phenoxy) is 12. The normalized spacial score (nSPS) is 39.2. The quantitative estimate of drug-likeness (QED) is 0.0357. The predicted molar refractivity (Wildman–Crippen MR) is 559 cm³/mol. The van der Waals surface area contributed by atoms with Gasteiger partial charge in [0.2, 0.25) is 25.2 Å². The molecular weight excluding hydrogens is 1800 g/mol. The highest BCUT2D eigenvalue weighted by molar-refractivity contribution is 5.89. The third kappa shape index (κ3) is 26.6. The number of hydrogen-bond acceptors (Lipinski definition) is 20. The van der Waals surface area contributed by atoms with Gasteiger partial charge in [0.05, 0.1) is 23.4 Å². The Kier molecular flexibility index (Phi) is 36.7. The monoisotopic (exact) mass is 1990 g/mol. The number of carbonyl (C=O) groups is 8. The minimum absolute atomic E-state index is 0.00435. The second-order valence-electron chi connectivity index (χ2n) is 52.8. The zero-order valence-corrected chi connectivity index (χ0v) is 92.3. The SMILES string of the molecule is C=C(C)C(=O)OC(C)(C)C1CCCCC1.C=C(C)C(=O)OC(C)OC12CC3CC(CC(C3)C1)C2.C=C(C)C(=O)OC(C)OC1C2CC3CC(C2)CC1C3.C=C(C)C(=O)OC1(C)CCC23CC1C(C)(C)C2CCC3C.C=C(C)C(=O)OC1(C)CCCCC1.C=CC(=O)OC(C)OC12CC3CC(CC(C3)C1)C2.C=CC(=O)OC(C)OC1C2CC3CC(C2)CC1C3.C=CC(=O)OC1(C)CCC23CC1C(C)(C)C2CCC3C. The Bertz CT molecular complexity index is 4450. The van der Waals surface area contributed by atoms with Gasteiger partial charge in [-0.3, -0.25) is 0 Å². The van der Waals surface area contributed by atoms with E-state index in [9.17, 15) is 38.4 Å². The highest BCUT2D eigenvalue weighted by Gasteiger charge is 2.71. The maximum Gasteiger partial charge on any atom is 0.335 e. The topological polar surface area (TPSA) is 247 Å². The second kappa shape index (κ2) is 46.1. The summed E-state index contributed by atoms with van der Waals surface area (Å²) < 4.78 is 67.9. The Labute approximate surface area is 861 Å². The molecular formula is C123H190O20. The highest BCUT2D eigenvalue weighted by Crippen LogP contribution is 2.76. The summed E-state index contributed by atoms with van der Waals surface area (Å²) in [5.74, 6) is 13.9. The van der Waals surface area contributed by atoms with E-state index in [-0.39, 0.29) is 80.3 Å². The third-order valence-electron chi connectivity index (χ3n) is 40.5. The van der Waals surface area contributed by atoms with Crippen LogP contribution in [0.2, 0.25) is 0 Å². The minimum Gasteiger partial charge on any atom is -0.456 e. The zero-order valence-electron chi connectivity index (χ0n) is 92.3. The fourth-order valence-electron chi connectivity index (χ4n) is 35.2. The van der Waals surface area contributed by atoms with Crippen molar-refractivity contribution < 1.29 is 95.2 Å². The van der Waals surface area contributed by atoms with Gasteiger partial charge in [-0.05, 0) is 475 Å². The fourth-order valence-corrected chi connectivity index (χ4v) is 35.2. The largest absolute Gasteiger partial charge is 0.456 e. The molecule has 2 spiro atoms. The zero-order chi connectivity index (χ0) is 104. The lowest BCUT2D eigenvalue weighted by atomic mass is 9.54. The van der Waals surface area contributed by atoms with Gasteiger partial charge in [0.1, 0.15) is 22.4 Å². The first kappa shape index (κ1) is 114. The molecule has 24 saturated carbocycles. The average molecular weight is 1990 g/mol. The van der Waals surface area contributed by atoms with Crippen LogP contribution in [0.3, 0.4) is 0 Å². The molecule has 0 radical (unpaired) electrons. The molecule has 24 aliphatic carbocycles. The van der Waals surface area contributed by atoms with Crippen molar-refractivity contribution in [3.05, 3.63) is 98.7 Å². The number of hydrogen-bond donors (Lipinski definition) is 0. The van der Waals surface area contributed by atoms with E-state index in [0.717, 1.165) is 147 Å². The summed E-state index contributed by atoms with van der Waals surface area (Å²) >= 11 is 0. The van der Waals surface area contributed by atoms with Crippen LogP contribution in [0, 0.1) is 146 Å². The summed E-state index contributed by atoms with van der Waals surface area (Å²) in [5, 5.41) is 0. The molecule has 0 aliphatic heterocycles. The van der Waals surface area contributed by atoms with Crippen LogP contribution in [0.5, 0.6) is 0 Å². The molecule has 24 aliphatic rings. The Balaban J connectivity index is 0.000000138. The van der Waals surface area contributed by atoms with E-state index in [1.165, 1.54) is 224 Å². The molecule has 14 atom stereocenters. The van der Waals surface area contributed by atoms with Crippen molar-refractivity contribution in [2.75, 3.05) is 0 Å². The van der Waals surface area contributed by atoms with E-state index in [1.54, 1.807) is 34.6 Å². The summed E-state index contributed by atoms with van der Waals surface area (Å²) in [6.45, 7) is 69.2. The number of carbonyl (C=O) groups excluding carboxylic acids is 8. The lowest BCUT2D eigenvalue weighted by Crippen LogP contribution is -2.53. The van der Waals surface area contributed by atoms with Gasteiger partial charge in [-0.1, -0.05) is 120 Å². The number of esters is 8. The smallest absolute Gasteiger partial charge is 0.335 e. The first-order chi connectivity index (χ1) is 67.1. The molecule has 24 rings (SSSR count). The van der Waals surface area contributed by atoms with Crippen LogP contribution in [0.15, 0.2) is 98.7 Å². The van der Waals surface area contributed by atoms with E-state index in [2.05, 4.69) is 108 Å². The van der Waals surface area contributed by atoms with E-state index >= 15 is 0 Å². The van der Waals surface area contributed by atoms with Crippen LogP contribution in [0.1, 0.15) is 408 Å². The molecule has 0 saturated heterocycles. The Morgan fingerprint density at radius 2 is 0.629 bits per heavy atom. The van der Waals surface area contributed by atoms with Crippen molar-refractivity contribution >= 4 is 47.8 Å². The van der Waals surface area contributed by atoms with Crippen LogP contribution in [0.25, 0.3) is 0 Å². The van der Waals surface area contributed by atoms with Crippen LogP contribution in [-0.2, 0) is 95.2 Å². The standard InChI is InChI=1S/C19H30O2.C18H28O2.2C16H24O3.2C15H22O3.C13H22O2.C11H18O2/c1-12(2)16(20)21-18(6)9-10-19-11-15(18)17(4,5)14(19)8-7-13(19)3;1-6-15(19)20-17(5)9-10-18-11-14(17)16(3,4)13(18)8-7-12(18)2;1-10(2)15(17)18-11(3)19-16-7-12-4-13(8-16)6-14(5-12)9-16;1-9(2)16(17)19-10(3)18-15-13-5-11-4-12(7-13)8-14(15)6-11;1-3-14(16)17-10(2)18-15-7-11-4-12(8-15)6-13(5-11)9-15;1-3-14(16)17-9(2)18-15-12-5-10-4-11(7-12)8-13(15)6-10;1-10(2)12(14)15-13(3,4)11-8-6-5-7-9-11;1-9(2)10(12)13-11(3)7-5-4-6-8-11/h13-15H,1,7-11H2,2-6H3;6,12-14H,1,7-11H2,2-5H3;11-14H,1,4-9H2,2-3H3;10-15H,1,4-8H2,2-3H3;3,10-13H,1,4-9H2,2H3;3,9-13,15H,1,4-8H2,2H3;11H,1,5-9H2,2-4H3;1,4-8H2,2-3H3. The van der Waals surface area contributed by atoms with Gasteiger partial charge in [-0.15, -0.1) is 0 Å². The van der Waals surface area contributed by atoms with Crippen LogP contribution in [0.4, 0.5) is 0 Å². The molecule has 0 aromatic heterocycles. The molecule has 0 aromatic rings. The molecule has 20 bridgehead atoms. The van der Waals surface area contributed by atoms with Gasteiger partial charge in [-0.25, -0.2) is 38.4 Å². The Hall–Kier alpha value is -6.48. The van der Waals surface area contributed by atoms with Gasteiger partial charge in [0.15, 0.2) is 0 Å². The predicted octanol–water partition coefficient (Wildman–Crippen LogP) is 28.1. The van der Waals surface area contributed by atoms with Crippen molar-refractivity contribution in [1.82, 2.24) is 0 Å². The molecule has 20 nitrogen and oxygen atoms in total. The lowest BCUT2D eigenvalue weighted by Gasteiger charge is -2.56. The molecule has 20 heteroatoms. The number of fused-ring (bicyclic) bond motifs is 2. The minimum atomic E-state index is -0.458. The highest BCUT2D eigenvalue weighted by atomic mass is 16.7. The van der Waals surface area contributed by atoms with Crippen molar-refractivity contribution in [2.45, 2.75) is 479 Å². The molecule has 0 heterocycles. The molecule has 143 heavy (non-hydrogen) atoms. The van der Waals surface area contributed by atoms with E-state index in [4.69, 9.17) is 56.8 Å². The van der Waals surface area contributed by atoms with Gasteiger partial charge < -0.3 is 56.8 Å². The summed E-state index contributed by atoms with van der Waals surface area (Å²) in [7, 11) is 0. The third-order valence-corrected chi connectivity index (χ3v) is 40.5. The average Bonchev–Trinajstić information content (AvgIpc) is 1.53. The maximum atomic E-state index is 12.1. The van der Waals surface area contributed by atoms with E-state index < -0.39 is 37.1 Å². The second-order valence-corrected chi connectivity index (χ2v) is 52.8. The van der Waals surface area contributed by atoms with Gasteiger partial charge in [-0.2, -0.15) is 0 Å². The molecule has 0 aromatic carbocycles. The summed E-state index contributed by atoms with van der Waals surface area (Å²) in [5.41, 5.74) is 2.75. The summed E-state index contributed by atoms with van der Waals surface area (Å²) in [6.07, 6.45) is 55.5. The van der Waals surface area contributed by atoms with Crippen molar-refractivity contribution in [3.8, 4) is 0 Å². The summed E-state index contributed by atoms with van der Waals surface area (Å²) in [4.78, 5) is 92.0. The molecule has 24 fully saturated rings. The van der Waals surface area contributed by atoms with Crippen LogP contribution < -0.4 is 0 Å². The first-order valence-corrected chi connectivity index (χ1v) is 56.7.